The molecular weight excluding hydrogens is 392 g/mol. The molecule has 3 heterocycles. The predicted octanol–water partition coefficient (Wildman–Crippen LogP) is 2.08. The van der Waals surface area contributed by atoms with Crippen molar-refractivity contribution in [3.05, 3.63) is 62.1 Å². The molecule has 2 aliphatic heterocycles. The number of hydrogen-bond donors (Lipinski definition) is 1. The predicted molar refractivity (Wildman–Crippen MR) is 117 cm³/mol. The fourth-order valence-electron chi connectivity index (χ4n) is 4.56. The van der Waals surface area contributed by atoms with Crippen LogP contribution in [0.4, 0.5) is 0 Å². The largest absolute Gasteiger partial charge is 0.493 e. The third-order valence-electron chi connectivity index (χ3n) is 6.39. The smallest absolute Gasteiger partial charge is 0.266 e. The average Bonchev–Trinajstić information content (AvgIpc) is 3.22. The van der Waals surface area contributed by atoms with Gasteiger partial charge in [0.2, 0.25) is 5.91 Å². The van der Waals surface area contributed by atoms with E-state index < -0.39 is 0 Å². The molecule has 1 aromatic carbocycles. The highest BCUT2D eigenvalue weighted by Gasteiger charge is 2.22. The highest BCUT2D eigenvalue weighted by Crippen LogP contribution is 2.26. The fraction of sp³-hybridized carbons (Fsp3) is 0.458. The van der Waals surface area contributed by atoms with E-state index in [0.29, 0.717) is 18.4 Å². The summed E-state index contributed by atoms with van der Waals surface area (Å²) in [4.78, 5) is 31.7. The van der Waals surface area contributed by atoms with Gasteiger partial charge in [-0.1, -0.05) is 12.1 Å². The number of H-pyrrole nitrogens is 1. The molecule has 162 valence electrons. The first kappa shape index (κ1) is 21.1. The molecule has 4 rings (SSSR count). The van der Waals surface area contributed by atoms with E-state index in [1.165, 1.54) is 11.1 Å². The lowest BCUT2D eigenvalue weighted by atomic mass is 9.99. The summed E-state index contributed by atoms with van der Waals surface area (Å²) in [6.07, 6.45) is 1.89. The number of amides is 1. The van der Waals surface area contributed by atoms with Gasteiger partial charge in [-0.15, -0.1) is 0 Å². The van der Waals surface area contributed by atoms with Gasteiger partial charge in [-0.3, -0.25) is 14.5 Å². The Bertz CT molecular complexity index is 1090. The standard InChI is InChI=1S/C24H28N4O3/c1-16-20(17(2)26-24(30)21(16)14-25)4-6-23(29)28-10-8-27(9-11-28)15-18-3-5-22-19(13-18)7-12-31-22/h3,5,13H,4,6-12,15H2,1-2H3,(H,26,30). The average molecular weight is 421 g/mol. The molecule has 7 nitrogen and oxygen atoms in total. The summed E-state index contributed by atoms with van der Waals surface area (Å²) in [5.74, 6) is 1.13. The summed E-state index contributed by atoms with van der Waals surface area (Å²) < 4.78 is 5.58. The van der Waals surface area contributed by atoms with Crippen molar-refractivity contribution < 1.29 is 9.53 Å². The van der Waals surface area contributed by atoms with E-state index in [1.807, 2.05) is 17.9 Å². The van der Waals surface area contributed by atoms with Crippen LogP contribution in [0.3, 0.4) is 0 Å². The van der Waals surface area contributed by atoms with Gasteiger partial charge in [0, 0.05) is 51.3 Å². The molecule has 1 fully saturated rings. The van der Waals surface area contributed by atoms with E-state index in [-0.39, 0.29) is 17.0 Å². The van der Waals surface area contributed by atoms with Crippen molar-refractivity contribution in [2.24, 2.45) is 0 Å². The number of nitrogens with zero attached hydrogens (tertiary/aromatic N) is 3. The lowest BCUT2D eigenvalue weighted by Gasteiger charge is -2.35. The fourth-order valence-corrected chi connectivity index (χ4v) is 4.56. The number of aromatic amines is 1. The van der Waals surface area contributed by atoms with E-state index >= 15 is 0 Å². The lowest BCUT2D eigenvalue weighted by Crippen LogP contribution is -2.48. The molecule has 0 unspecified atom stereocenters. The first-order chi connectivity index (χ1) is 15.0. The van der Waals surface area contributed by atoms with Crippen molar-refractivity contribution in [3.63, 3.8) is 0 Å². The van der Waals surface area contributed by atoms with Crippen molar-refractivity contribution >= 4 is 5.91 Å². The van der Waals surface area contributed by atoms with Crippen LogP contribution in [0.1, 0.15) is 39.9 Å². The number of rotatable bonds is 5. The number of ether oxygens (including phenoxy) is 1. The Balaban J connectivity index is 1.30. The highest BCUT2D eigenvalue weighted by atomic mass is 16.5. The normalized spacial score (nSPS) is 16.0. The molecule has 2 aromatic rings. The summed E-state index contributed by atoms with van der Waals surface area (Å²) in [6, 6.07) is 8.41. The van der Waals surface area contributed by atoms with E-state index in [4.69, 9.17) is 4.74 Å². The first-order valence-electron chi connectivity index (χ1n) is 10.8. The Kier molecular flexibility index (Phi) is 6.10. The molecule has 0 spiro atoms. The molecule has 1 amide bonds. The Hall–Kier alpha value is -3.11. The third kappa shape index (κ3) is 4.49. The number of piperazine rings is 1. The SMILES string of the molecule is Cc1[nH]c(=O)c(C#N)c(C)c1CCC(=O)N1CCN(Cc2ccc3c(c2)CCO3)CC1. The number of nitriles is 1. The molecule has 0 bridgehead atoms. The summed E-state index contributed by atoms with van der Waals surface area (Å²) >= 11 is 0. The molecule has 0 atom stereocenters. The second-order valence-corrected chi connectivity index (χ2v) is 8.37. The van der Waals surface area contributed by atoms with E-state index in [0.717, 1.165) is 62.8 Å². The van der Waals surface area contributed by atoms with E-state index in [2.05, 4.69) is 28.1 Å². The van der Waals surface area contributed by atoms with Gasteiger partial charge >= 0.3 is 0 Å². The summed E-state index contributed by atoms with van der Waals surface area (Å²) in [5.41, 5.74) is 4.67. The van der Waals surface area contributed by atoms with Gasteiger partial charge < -0.3 is 14.6 Å². The van der Waals surface area contributed by atoms with Crippen molar-refractivity contribution in [2.75, 3.05) is 32.8 Å². The zero-order valence-electron chi connectivity index (χ0n) is 18.2. The van der Waals surface area contributed by atoms with Crippen LogP contribution in [0, 0.1) is 25.2 Å². The number of aromatic nitrogens is 1. The molecule has 1 aromatic heterocycles. The van der Waals surface area contributed by atoms with Crippen LogP contribution in [0.5, 0.6) is 5.75 Å². The van der Waals surface area contributed by atoms with Crippen LogP contribution in [-0.2, 0) is 24.2 Å². The zero-order chi connectivity index (χ0) is 22.0. The van der Waals surface area contributed by atoms with Gasteiger partial charge in [0.15, 0.2) is 0 Å². The van der Waals surface area contributed by atoms with Gasteiger partial charge in [-0.2, -0.15) is 5.26 Å². The minimum Gasteiger partial charge on any atom is -0.493 e. The third-order valence-corrected chi connectivity index (χ3v) is 6.39. The van der Waals surface area contributed by atoms with Gasteiger partial charge in [-0.25, -0.2) is 0 Å². The lowest BCUT2D eigenvalue weighted by molar-refractivity contribution is -0.133. The van der Waals surface area contributed by atoms with Crippen LogP contribution in [0.2, 0.25) is 0 Å². The van der Waals surface area contributed by atoms with Crippen LogP contribution in [-0.4, -0.2) is 53.5 Å². The van der Waals surface area contributed by atoms with Crippen molar-refractivity contribution in [1.82, 2.24) is 14.8 Å². The number of nitrogens with one attached hydrogen (secondary N) is 1. The molecule has 0 saturated carbocycles. The maximum atomic E-state index is 12.8. The highest BCUT2D eigenvalue weighted by molar-refractivity contribution is 5.76. The molecule has 31 heavy (non-hydrogen) atoms. The minimum atomic E-state index is -0.361. The number of aryl methyl sites for hydroxylation is 1. The number of benzene rings is 1. The van der Waals surface area contributed by atoms with Crippen molar-refractivity contribution in [1.29, 1.82) is 5.26 Å². The number of pyridine rings is 1. The monoisotopic (exact) mass is 420 g/mol. The van der Waals surface area contributed by atoms with E-state index in [9.17, 15) is 14.9 Å². The summed E-state index contributed by atoms with van der Waals surface area (Å²) in [7, 11) is 0. The maximum absolute atomic E-state index is 12.8. The van der Waals surface area contributed by atoms with Gasteiger partial charge in [-0.05, 0) is 48.6 Å². The maximum Gasteiger partial charge on any atom is 0.266 e. The van der Waals surface area contributed by atoms with Crippen LogP contribution in [0.25, 0.3) is 0 Å². The molecule has 1 saturated heterocycles. The topological polar surface area (TPSA) is 89.4 Å². The quantitative estimate of drug-likeness (QED) is 0.800. The van der Waals surface area contributed by atoms with Gasteiger partial charge in [0.05, 0.1) is 6.61 Å². The van der Waals surface area contributed by atoms with Gasteiger partial charge in [0.1, 0.15) is 17.4 Å². The van der Waals surface area contributed by atoms with Crippen molar-refractivity contribution in [3.8, 4) is 11.8 Å². The molecule has 1 N–H and O–H groups in total. The molecule has 7 heteroatoms. The minimum absolute atomic E-state index is 0.123. The van der Waals surface area contributed by atoms with Crippen LogP contribution < -0.4 is 10.3 Å². The summed E-state index contributed by atoms with van der Waals surface area (Å²) in [6.45, 7) is 8.42. The Labute approximate surface area is 182 Å². The Morgan fingerprint density at radius 2 is 2.00 bits per heavy atom. The first-order valence-corrected chi connectivity index (χ1v) is 10.8. The second kappa shape index (κ2) is 8.94. The molecule has 0 radical (unpaired) electrons. The number of carbonyl (C=O) groups excluding carboxylic acids is 1. The van der Waals surface area contributed by atoms with Gasteiger partial charge in [0.25, 0.3) is 5.56 Å². The van der Waals surface area contributed by atoms with Crippen molar-refractivity contribution in [2.45, 2.75) is 39.7 Å². The molecular formula is C24H28N4O3. The zero-order valence-corrected chi connectivity index (χ0v) is 18.2. The van der Waals surface area contributed by atoms with E-state index in [1.54, 1.807) is 6.92 Å². The van der Waals surface area contributed by atoms with Crippen LogP contribution in [0.15, 0.2) is 23.0 Å². The number of hydrogen-bond acceptors (Lipinski definition) is 5. The summed E-state index contributed by atoms with van der Waals surface area (Å²) in [5, 5.41) is 9.22. The Morgan fingerprint density at radius 3 is 2.74 bits per heavy atom. The number of carbonyl (C=O) groups is 1. The Morgan fingerprint density at radius 1 is 1.23 bits per heavy atom. The van der Waals surface area contributed by atoms with Crippen LogP contribution >= 0.6 is 0 Å². The number of fused-ring (bicyclic) bond motifs is 1. The molecule has 2 aliphatic rings. The molecule has 0 aliphatic carbocycles. The second-order valence-electron chi connectivity index (χ2n) is 8.37.